The number of likely N-dealkylation sites (tertiary alicyclic amines) is 2. The first-order valence-electron chi connectivity index (χ1n) is 12.1. The fourth-order valence-electron chi connectivity index (χ4n) is 6.61. The van der Waals surface area contributed by atoms with Crippen LogP contribution in [0.4, 0.5) is 0 Å². The van der Waals surface area contributed by atoms with Crippen LogP contribution in [0.2, 0.25) is 0 Å². The number of nitrogens with zero attached hydrogens (tertiary/aromatic N) is 2. The molecule has 2 nitrogen and oxygen atoms in total. The second-order valence-electron chi connectivity index (χ2n) is 10.2. The van der Waals surface area contributed by atoms with E-state index in [1.165, 1.54) is 90.1 Å². The van der Waals surface area contributed by atoms with E-state index < -0.39 is 0 Å². The molecule has 4 aliphatic rings. The average molecular weight is 363 g/mol. The highest BCUT2D eigenvalue weighted by atomic mass is 15.2. The van der Waals surface area contributed by atoms with E-state index in [1.807, 2.05) is 0 Å². The molecule has 0 radical (unpaired) electrons. The maximum absolute atomic E-state index is 2.76. The summed E-state index contributed by atoms with van der Waals surface area (Å²) in [6.07, 6.45) is 17.8. The molecule has 2 aliphatic carbocycles. The van der Waals surface area contributed by atoms with Gasteiger partial charge in [0, 0.05) is 24.2 Å². The van der Waals surface area contributed by atoms with Gasteiger partial charge in [-0.15, -0.1) is 0 Å². The van der Waals surface area contributed by atoms with Crippen molar-refractivity contribution < 1.29 is 0 Å². The molecule has 4 rings (SSSR count). The Morgan fingerprint density at radius 2 is 0.846 bits per heavy atom. The highest BCUT2D eigenvalue weighted by molar-refractivity contribution is 4.89. The van der Waals surface area contributed by atoms with Crippen LogP contribution < -0.4 is 0 Å². The SMILES string of the molecule is CC(C)N1CCC[C@@H]2CCCC[C@@H]21.CC(C)N1CCC[C@H]2CCCC[C@H]21. The summed E-state index contributed by atoms with van der Waals surface area (Å²) in [6.45, 7) is 12.2. The molecule has 4 fully saturated rings. The van der Waals surface area contributed by atoms with Gasteiger partial charge in [-0.05, 0) is 104 Å². The zero-order valence-corrected chi connectivity index (χ0v) is 18.3. The topological polar surface area (TPSA) is 6.48 Å². The van der Waals surface area contributed by atoms with Crippen LogP contribution in [-0.2, 0) is 0 Å². The van der Waals surface area contributed by atoms with Gasteiger partial charge in [-0.2, -0.15) is 0 Å². The lowest BCUT2D eigenvalue weighted by Crippen LogP contribution is -2.49. The highest BCUT2D eigenvalue weighted by Gasteiger charge is 2.34. The number of fused-ring (bicyclic) bond motifs is 2. The van der Waals surface area contributed by atoms with Gasteiger partial charge in [0.25, 0.3) is 0 Å². The van der Waals surface area contributed by atoms with Crippen molar-refractivity contribution in [1.82, 2.24) is 9.80 Å². The van der Waals surface area contributed by atoms with Crippen LogP contribution >= 0.6 is 0 Å². The maximum Gasteiger partial charge on any atom is 0.0126 e. The van der Waals surface area contributed by atoms with Crippen molar-refractivity contribution in [1.29, 1.82) is 0 Å². The van der Waals surface area contributed by atoms with E-state index in [4.69, 9.17) is 0 Å². The quantitative estimate of drug-likeness (QED) is 0.585. The Balaban J connectivity index is 0.000000151. The van der Waals surface area contributed by atoms with Gasteiger partial charge in [-0.3, -0.25) is 9.80 Å². The molecule has 0 unspecified atom stereocenters. The third-order valence-corrected chi connectivity index (χ3v) is 7.90. The lowest BCUT2D eigenvalue weighted by Gasteiger charge is -2.46. The van der Waals surface area contributed by atoms with Gasteiger partial charge in [-0.25, -0.2) is 0 Å². The number of piperidine rings is 2. The summed E-state index contributed by atoms with van der Waals surface area (Å²) in [5, 5.41) is 0. The van der Waals surface area contributed by atoms with E-state index in [-0.39, 0.29) is 0 Å². The lowest BCUT2D eigenvalue weighted by molar-refractivity contribution is 0.0371. The molecule has 0 amide bonds. The Hall–Kier alpha value is -0.0800. The summed E-state index contributed by atoms with van der Waals surface area (Å²) < 4.78 is 0. The van der Waals surface area contributed by atoms with Crippen molar-refractivity contribution in [3.05, 3.63) is 0 Å². The Morgan fingerprint density at radius 1 is 0.500 bits per heavy atom. The Bertz CT molecular complexity index is 363. The Kier molecular flexibility index (Phi) is 7.88. The van der Waals surface area contributed by atoms with E-state index >= 15 is 0 Å². The molecule has 2 aliphatic heterocycles. The van der Waals surface area contributed by atoms with E-state index in [0.717, 1.165) is 36.0 Å². The zero-order valence-electron chi connectivity index (χ0n) is 18.3. The number of rotatable bonds is 2. The number of hydrogen-bond acceptors (Lipinski definition) is 2. The van der Waals surface area contributed by atoms with E-state index in [1.54, 1.807) is 0 Å². The van der Waals surface area contributed by atoms with Crippen LogP contribution in [-0.4, -0.2) is 47.1 Å². The zero-order chi connectivity index (χ0) is 18.5. The van der Waals surface area contributed by atoms with E-state index in [2.05, 4.69) is 37.5 Å². The van der Waals surface area contributed by atoms with Gasteiger partial charge < -0.3 is 0 Å². The average Bonchev–Trinajstić information content (AvgIpc) is 2.67. The first-order valence-corrected chi connectivity index (χ1v) is 12.1. The van der Waals surface area contributed by atoms with Crippen molar-refractivity contribution >= 4 is 0 Å². The third kappa shape index (κ3) is 5.04. The van der Waals surface area contributed by atoms with Crippen molar-refractivity contribution in [2.45, 2.75) is 129 Å². The molecule has 4 atom stereocenters. The van der Waals surface area contributed by atoms with Crippen LogP contribution in [0.25, 0.3) is 0 Å². The number of hydrogen-bond donors (Lipinski definition) is 0. The summed E-state index contributed by atoms with van der Waals surface area (Å²) in [5.74, 6) is 2.09. The third-order valence-electron chi connectivity index (χ3n) is 7.90. The monoisotopic (exact) mass is 362 g/mol. The van der Waals surface area contributed by atoms with Crippen molar-refractivity contribution in [3.63, 3.8) is 0 Å². The van der Waals surface area contributed by atoms with Gasteiger partial charge in [0.2, 0.25) is 0 Å². The molecular weight excluding hydrogens is 316 g/mol. The Morgan fingerprint density at radius 3 is 1.23 bits per heavy atom. The molecule has 2 saturated heterocycles. The van der Waals surface area contributed by atoms with Gasteiger partial charge >= 0.3 is 0 Å². The molecular formula is C24H46N2. The first-order chi connectivity index (χ1) is 12.6. The summed E-state index contributed by atoms with van der Waals surface area (Å²) in [7, 11) is 0. The predicted molar refractivity (Wildman–Crippen MR) is 114 cm³/mol. The summed E-state index contributed by atoms with van der Waals surface area (Å²) in [6, 6.07) is 3.43. The van der Waals surface area contributed by atoms with Crippen molar-refractivity contribution in [2.24, 2.45) is 11.8 Å². The second-order valence-corrected chi connectivity index (χ2v) is 10.2. The van der Waals surface area contributed by atoms with E-state index in [9.17, 15) is 0 Å². The second kappa shape index (κ2) is 9.92. The van der Waals surface area contributed by atoms with Gasteiger partial charge in [-0.1, -0.05) is 25.7 Å². The molecule has 0 aromatic rings. The molecule has 0 bridgehead atoms. The Labute approximate surface area is 164 Å². The van der Waals surface area contributed by atoms with Crippen LogP contribution in [0.15, 0.2) is 0 Å². The summed E-state index contributed by atoms with van der Waals surface area (Å²) in [5.41, 5.74) is 0. The van der Waals surface area contributed by atoms with Gasteiger partial charge in [0.1, 0.15) is 0 Å². The van der Waals surface area contributed by atoms with Crippen LogP contribution in [0.1, 0.15) is 105 Å². The van der Waals surface area contributed by atoms with Crippen molar-refractivity contribution in [2.75, 3.05) is 13.1 Å². The molecule has 0 spiro atoms. The molecule has 2 saturated carbocycles. The minimum Gasteiger partial charge on any atom is -0.298 e. The van der Waals surface area contributed by atoms with Crippen LogP contribution in [0.3, 0.4) is 0 Å². The van der Waals surface area contributed by atoms with Crippen LogP contribution in [0.5, 0.6) is 0 Å². The molecule has 2 heterocycles. The van der Waals surface area contributed by atoms with Gasteiger partial charge in [0.05, 0.1) is 0 Å². The first kappa shape index (κ1) is 20.6. The van der Waals surface area contributed by atoms with Crippen LogP contribution in [0, 0.1) is 11.8 Å². The largest absolute Gasteiger partial charge is 0.298 e. The van der Waals surface area contributed by atoms with Gasteiger partial charge in [0.15, 0.2) is 0 Å². The molecule has 26 heavy (non-hydrogen) atoms. The molecule has 152 valence electrons. The predicted octanol–water partition coefficient (Wildman–Crippen LogP) is 6.10. The fraction of sp³-hybridized carbons (Fsp3) is 1.00. The smallest absolute Gasteiger partial charge is 0.0126 e. The molecule has 2 heteroatoms. The van der Waals surface area contributed by atoms with Crippen molar-refractivity contribution in [3.8, 4) is 0 Å². The molecule has 0 aromatic carbocycles. The maximum atomic E-state index is 2.76. The normalized spacial score (nSPS) is 36.2. The minimum absolute atomic E-state index is 0.769. The fourth-order valence-corrected chi connectivity index (χ4v) is 6.61. The molecule has 0 N–H and O–H groups in total. The lowest BCUT2D eigenvalue weighted by atomic mass is 9.78. The summed E-state index contributed by atoms with van der Waals surface area (Å²) >= 11 is 0. The van der Waals surface area contributed by atoms with E-state index in [0.29, 0.717) is 0 Å². The standard InChI is InChI=1S/2C12H23N/c2*1-10(2)13-9-5-7-11-6-3-4-8-12(11)13/h2*10-12H,3-9H2,1-2H3/t2*11-,12-/m10/s1. The summed E-state index contributed by atoms with van der Waals surface area (Å²) in [4.78, 5) is 5.51. The molecule has 0 aromatic heterocycles. The minimum atomic E-state index is 0.769. The highest BCUT2D eigenvalue weighted by Crippen LogP contribution is 2.37.